The van der Waals surface area contributed by atoms with Crippen LogP contribution in [0.25, 0.3) is 0 Å². The second kappa shape index (κ2) is 6.07. The van der Waals surface area contributed by atoms with Crippen LogP contribution >= 0.6 is 22.9 Å². The molecule has 0 saturated carbocycles. The third-order valence-corrected chi connectivity index (χ3v) is 3.79. The van der Waals surface area contributed by atoms with Gasteiger partial charge in [0.1, 0.15) is 5.00 Å². The van der Waals surface area contributed by atoms with Gasteiger partial charge in [-0.1, -0.05) is 23.7 Å². The van der Waals surface area contributed by atoms with E-state index in [4.69, 9.17) is 16.7 Å². The molecule has 1 heterocycles. The average Bonchev–Trinajstić information content (AvgIpc) is 2.70. The number of thiophene rings is 1. The molecule has 0 spiro atoms. The number of halogens is 1. The molecule has 4 nitrogen and oxygen atoms in total. The number of aromatic carboxylic acids is 1. The molecule has 2 aromatic rings. The molecule has 0 fully saturated rings. The molecule has 20 heavy (non-hydrogen) atoms. The lowest BCUT2D eigenvalue weighted by Gasteiger charge is -2.04. The van der Waals surface area contributed by atoms with Crippen molar-refractivity contribution < 1.29 is 14.7 Å². The minimum absolute atomic E-state index is 0.118. The molecule has 1 aromatic carbocycles. The number of anilines is 1. The van der Waals surface area contributed by atoms with Crippen LogP contribution in [0, 0.1) is 6.92 Å². The summed E-state index contributed by atoms with van der Waals surface area (Å²) in [5, 5.41) is 12.6. The third kappa shape index (κ3) is 3.59. The Morgan fingerprint density at radius 1 is 1.35 bits per heavy atom. The summed E-state index contributed by atoms with van der Waals surface area (Å²) in [7, 11) is 0. The third-order valence-electron chi connectivity index (χ3n) is 2.59. The zero-order valence-corrected chi connectivity index (χ0v) is 12.2. The second-order valence-corrected chi connectivity index (χ2v) is 5.95. The Kier molecular flexibility index (Phi) is 4.42. The normalized spacial score (nSPS) is 10.3. The first-order valence-electron chi connectivity index (χ1n) is 5.83. The number of amides is 1. The molecule has 0 bridgehead atoms. The van der Waals surface area contributed by atoms with Crippen molar-refractivity contribution in [3.63, 3.8) is 0 Å². The molecule has 1 amide bonds. The minimum Gasteiger partial charge on any atom is -0.478 e. The molecular weight excluding hydrogens is 298 g/mol. The lowest BCUT2D eigenvalue weighted by Crippen LogP contribution is -2.15. The summed E-state index contributed by atoms with van der Waals surface area (Å²) in [6, 6.07) is 8.54. The maximum atomic E-state index is 11.9. The SMILES string of the molecule is Cc1cc(C(=O)O)c(NC(=O)Cc2cccc(Cl)c2)s1. The van der Waals surface area contributed by atoms with Gasteiger partial charge in [0.2, 0.25) is 5.91 Å². The van der Waals surface area contributed by atoms with E-state index in [0.29, 0.717) is 10.0 Å². The van der Waals surface area contributed by atoms with Crippen molar-refractivity contribution in [2.45, 2.75) is 13.3 Å². The number of rotatable bonds is 4. The molecular formula is C14H12ClNO3S. The van der Waals surface area contributed by atoms with Gasteiger partial charge in [-0.2, -0.15) is 0 Å². The van der Waals surface area contributed by atoms with E-state index in [-0.39, 0.29) is 17.9 Å². The smallest absolute Gasteiger partial charge is 0.338 e. The van der Waals surface area contributed by atoms with Crippen molar-refractivity contribution in [2.75, 3.05) is 5.32 Å². The van der Waals surface area contributed by atoms with Gasteiger partial charge < -0.3 is 10.4 Å². The van der Waals surface area contributed by atoms with Crippen molar-refractivity contribution in [1.82, 2.24) is 0 Å². The zero-order valence-electron chi connectivity index (χ0n) is 10.6. The summed E-state index contributed by atoms with van der Waals surface area (Å²) in [4.78, 5) is 23.8. The number of carboxylic acids is 1. The maximum absolute atomic E-state index is 11.9. The predicted molar refractivity (Wildman–Crippen MR) is 79.8 cm³/mol. The molecule has 0 unspecified atom stereocenters. The van der Waals surface area contributed by atoms with E-state index in [1.54, 1.807) is 37.3 Å². The Morgan fingerprint density at radius 2 is 2.10 bits per heavy atom. The van der Waals surface area contributed by atoms with Crippen LogP contribution < -0.4 is 5.32 Å². The molecule has 0 aliphatic carbocycles. The number of carboxylic acid groups (broad SMARTS) is 1. The summed E-state index contributed by atoms with van der Waals surface area (Å²) in [6.45, 7) is 1.80. The van der Waals surface area contributed by atoms with E-state index in [1.165, 1.54) is 11.3 Å². The number of benzene rings is 1. The fraction of sp³-hybridized carbons (Fsp3) is 0.143. The maximum Gasteiger partial charge on any atom is 0.338 e. The Bertz CT molecular complexity index is 666. The average molecular weight is 310 g/mol. The van der Waals surface area contributed by atoms with Crippen LogP contribution in [-0.2, 0) is 11.2 Å². The van der Waals surface area contributed by atoms with Gasteiger partial charge >= 0.3 is 5.97 Å². The first kappa shape index (κ1) is 14.6. The van der Waals surface area contributed by atoms with Crippen LogP contribution in [0.5, 0.6) is 0 Å². The molecule has 0 atom stereocenters. The van der Waals surface area contributed by atoms with Crippen LogP contribution in [-0.4, -0.2) is 17.0 Å². The number of nitrogens with one attached hydrogen (secondary N) is 1. The molecule has 2 N–H and O–H groups in total. The molecule has 0 radical (unpaired) electrons. The molecule has 6 heteroatoms. The molecule has 1 aromatic heterocycles. The van der Waals surface area contributed by atoms with Crippen molar-refractivity contribution in [2.24, 2.45) is 0 Å². The minimum atomic E-state index is -1.05. The monoisotopic (exact) mass is 309 g/mol. The molecule has 0 aliphatic heterocycles. The molecule has 2 rings (SSSR count). The first-order valence-corrected chi connectivity index (χ1v) is 7.03. The standard InChI is InChI=1S/C14H12ClNO3S/c1-8-5-11(14(18)19)13(20-8)16-12(17)7-9-3-2-4-10(15)6-9/h2-6H,7H2,1H3,(H,16,17)(H,18,19). The Labute approximate surface area is 125 Å². The van der Waals surface area contributed by atoms with E-state index in [1.807, 2.05) is 0 Å². The van der Waals surface area contributed by atoms with E-state index >= 15 is 0 Å². The number of aryl methyl sites for hydroxylation is 1. The van der Waals surface area contributed by atoms with Crippen LogP contribution in [0.15, 0.2) is 30.3 Å². The van der Waals surface area contributed by atoms with Crippen molar-refractivity contribution in [3.05, 3.63) is 51.4 Å². The molecule has 0 saturated heterocycles. The van der Waals surface area contributed by atoms with Gasteiger partial charge in [-0.05, 0) is 30.7 Å². The lowest BCUT2D eigenvalue weighted by molar-refractivity contribution is -0.115. The number of carbonyl (C=O) groups excluding carboxylic acids is 1. The summed E-state index contributed by atoms with van der Waals surface area (Å²) >= 11 is 7.10. The van der Waals surface area contributed by atoms with Gasteiger partial charge in [-0.25, -0.2) is 4.79 Å². The zero-order chi connectivity index (χ0) is 14.7. The van der Waals surface area contributed by atoms with Gasteiger partial charge in [0.25, 0.3) is 0 Å². The fourth-order valence-electron chi connectivity index (χ4n) is 1.77. The quantitative estimate of drug-likeness (QED) is 0.907. The van der Waals surface area contributed by atoms with Crippen LogP contribution in [0.1, 0.15) is 20.8 Å². The van der Waals surface area contributed by atoms with E-state index in [2.05, 4.69) is 5.32 Å². The van der Waals surface area contributed by atoms with E-state index in [9.17, 15) is 9.59 Å². The Hall–Kier alpha value is -1.85. The van der Waals surface area contributed by atoms with Crippen molar-refractivity contribution in [1.29, 1.82) is 0 Å². The highest BCUT2D eigenvalue weighted by Crippen LogP contribution is 2.27. The first-order chi connectivity index (χ1) is 9.45. The molecule has 104 valence electrons. The summed E-state index contributed by atoms with van der Waals surface area (Å²) in [5.74, 6) is -1.32. The van der Waals surface area contributed by atoms with Gasteiger partial charge in [-0.3, -0.25) is 4.79 Å². The predicted octanol–water partition coefficient (Wildman–Crippen LogP) is 3.59. The van der Waals surface area contributed by atoms with Crippen LogP contribution in [0.3, 0.4) is 0 Å². The second-order valence-electron chi connectivity index (χ2n) is 4.26. The highest BCUT2D eigenvalue weighted by molar-refractivity contribution is 7.16. The van der Waals surface area contributed by atoms with Crippen LogP contribution in [0.4, 0.5) is 5.00 Å². The molecule has 0 aliphatic rings. The Morgan fingerprint density at radius 3 is 2.75 bits per heavy atom. The van der Waals surface area contributed by atoms with Crippen LogP contribution in [0.2, 0.25) is 5.02 Å². The largest absolute Gasteiger partial charge is 0.478 e. The van der Waals surface area contributed by atoms with Gasteiger partial charge in [0, 0.05) is 9.90 Å². The summed E-state index contributed by atoms with van der Waals surface area (Å²) in [5.41, 5.74) is 0.895. The number of carbonyl (C=O) groups is 2. The highest BCUT2D eigenvalue weighted by Gasteiger charge is 2.16. The van der Waals surface area contributed by atoms with Crippen molar-refractivity contribution >= 4 is 39.8 Å². The summed E-state index contributed by atoms with van der Waals surface area (Å²) < 4.78 is 0. The number of hydrogen-bond donors (Lipinski definition) is 2. The Balaban J connectivity index is 2.10. The highest BCUT2D eigenvalue weighted by atomic mass is 35.5. The number of hydrogen-bond acceptors (Lipinski definition) is 3. The van der Waals surface area contributed by atoms with E-state index in [0.717, 1.165) is 10.4 Å². The van der Waals surface area contributed by atoms with Gasteiger partial charge in [-0.15, -0.1) is 11.3 Å². The van der Waals surface area contributed by atoms with E-state index < -0.39 is 5.97 Å². The summed E-state index contributed by atoms with van der Waals surface area (Å²) in [6.07, 6.45) is 0.149. The van der Waals surface area contributed by atoms with Crippen molar-refractivity contribution in [3.8, 4) is 0 Å². The van der Waals surface area contributed by atoms with Gasteiger partial charge in [0.15, 0.2) is 0 Å². The topological polar surface area (TPSA) is 66.4 Å². The lowest BCUT2D eigenvalue weighted by atomic mass is 10.1. The van der Waals surface area contributed by atoms with Gasteiger partial charge in [0.05, 0.1) is 12.0 Å². The fourth-order valence-corrected chi connectivity index (χ4v) is 2.90.